The molecule has 162 valence electrons. The van der Waals surface area contributed by atoms with Crippen molar-refractivity contribution in [2.45, 2.75) is 46.0 Å². The lowest BCUT2D eigenvalue weighted by Crippen LogP contribution is -2.36. The van der Waals surface area contributed by atoms with Crippen molar-refractivity contribution < 1.29 is 4.57 Å². The molecule has 31 heavy (non-hydrogen) atoms. The van der Waals surface area contributed by atoms with Crippen molar-refractivity contribution in [3.63, 3.8) is 0 Å². The second-order valence-corrected chi connectivity index (χ2v) is 11.8. The van der Waals surface area contributed by atoms with Gasteiger partial charge in [0.1, 0.15) is 0 Å². The van der Waals surface area contributed by atoms with Gasteiger partial charge < -0.3 is 9.99 Å². The van der Waals surface area contributed by atoms with Crippen LogP contribution in [0.1, 0.15) is 46.0 Å². The van der Waals surface area contributed by atoms with Crippen LogP contribution in [0.25, 0.3) is 0 Å². The van der Waals surface area contributed by atoms with E-state index in [4.69, 9.17) is 5.10 Å². The Morgan fingerprint density at radius 3 is 2.23 bits per heavy atom. The number of nitrogens with zero attached hydrogens (tertiary/aromatic N) is 3. The molecule has 1 atom stereocenters. The van der Waals surface area contributed by atoms with Gasteiger partial charge in [-0.15, -0.1) is 0 Å². The molecule has 2 aliphatic heterocycles. The zero-order chi connectivity index (χ0) is 21.5. The van der Waals surface area contributed by atoms with Crippen molar-refractivity contribution in [3.05, 3.63) is 71.7 Å². The van der Waals surface area contributed by atoms with Gasteiger partial charge in [-0.25, -0.2) is 0 Å². The molecule has 0 spiro atoms. The molecule has 2 heterocycles. The summed E-state index contributed by atoms with van der Waals surface area (Å²) in [5.74, 6) is 0. The van der Waals surface area contributed by atoms with Gasteiger partial charge in [0.25, 0.3) is 0 Å². The van der Waals surface area contributed by atoms with Gasteiger partial charge in [-0.1, -0.05) is 50.2 Å². The third-order valence-corrected chi connectivity index (χ3v) is 8.94. The number of para-hydroxylation sites is 2. The van der Waals surface area contributed by atoms with Gasteiger partial charge in [-0.3, -0.25) is 4.57 Å². The Hall–Kier alpha value is -2.52. The molecule has 1 fully saturated rings. The average Bonchev–Trinajstić information content (AvgIpc) is 3.06. The highest BCUT2D eigenvalue weighted by molar-refractivity contribution is 7.73. The molecular weight excluding hydrogens is 403 g/mol. The number of likely N-dealkylation sites (tertiary alicyclic amines) is 1. The van der Waals surface area contributed by atoms with Crippen LogP contribution in [-0.4, -0.2) is 23.7 Å². The Balaban J connectivity index is 1.68. The van der Waals surface area contributed by atoms with E-state index in [9.17, 15) is 4.57 Å². The summed E-state index contributed by atoms with van der Waals surface area (Å²) in [5.41, 5.74) is 4.03. The topological polar surface area (TPSA) is 47.9 Å². The quantitative estimate of drug-likeness (QED) is 0.545. The molecule has 5 rings (SSSR count). The molecular formula is C25H31N4OP. The summed E-state index contributed by atoms with van der Waals surface area (Å²) >= 11 is 0. The number of benzene rings is 2. The van der Waals surface area contributed by atoms with Crippen LogP contribution in [0.4, 0.5) is 11.4 Å². The number of hydrogen-bond donors (Lipinski definition) is 1. The van der Waals surface area contributed by atoms with Gasteiger partial charge in [0.2, 0.25) is 0 Å². The predicted octanol–water partition coefficient (Wildman–Crippen LogP) is 6.69. The maximum absolute atomic E-state index is 15.0. The Kier molecular flexibility index (Phi) is 5.18. The minimum absolute atomic E-state index is 0.0966. The summed E-state index contributed by atoms with van der Waals surface area (Å²) in [5, 5.41) is 9.40. The third kappa shape index (κ3) is 3.80. The minimum Gasteiger partial charge on any atom is -0.374 e. The van der Waals surface area contributed by atoms with Crippen LogP contribution in [0.2, 0.25) is 0 Å². The molecule has 1 N–H and O–H groups in total. The summed E-state index contributed by atoms with van der Waals surface area (Å²) < 4.78 is 16.7. The summed E-state index contributed by atoms with van der Waals surface area (Å²) in [4.78, 5) is 2.49. The molecule has 3 aliphatic rings. The van der Waals surface area contributed by atoms with Crippen LogP contribution >= 0.6 is 7.44 Å². The second-order valence-electron chi connectivity index (χ2n) is 9.59. The zero-order valence-electron chi connectivity index (χ0n) is 18.4. The number of anilines is 2. The summed E-state index contributed by atoms with van der Waals surface area (Å²) in [7, 11) is -3.22. The molecule has 1 aliphatic carbocycles. The van der Waals surface area contributed by atoms with Gasteiger partial charge in [-0.05, 0) is 61.8 Å². The first-order chi connectivity index (χ1) is 15.0. The Bertz CT molecular complexity index is 1060. The molecule has 0 bridgehead atoms. The number of rotatable bonds is 4. The average molecular weight is 435 g/mol. The van der Waals surface area contributed by atoms with Crippen LogP contribution in [0.15, 0.2) is 76.8 Å². The molecule has 0 amide bonds. The van der Waals surface area contributed by atoms with E-state index in [0.29, 0.717) is 0 Å². The summed E-state index contributed by atoms with van der Waals surface area (Å²) in [6, 6.07) is 19.8. The van der Waals surface area contributed by atoms with Gasteiger partial charge >= 0.3 is 7.44 Å². The zero-order valence-corrected chi connectivity index (χ0v) is 19.3. The van der Waals surface area contributed by atoms with Gasteiger partial charge in [0, 0.05) is 24.5 Å². The largest absolute Gasteiger partial charge is 0.374 e. The number of nitrogens with one attached hydrogen (secondary N) is 1. The molecule has 2 aromatic carbocycles. The first kappa shape index (κ1) is 20.4. The van der Waals surface area contributed by atoms with Gasteiger partial charge in [-0.2, -0.15) is 9.88 Å². The number of piperidine rings is 1. The highest BCUT2D eigenvalue weighted by Crippen LogP contribution is 2.66. The fourth-order valence-electron chi connectivity index (χ4n) is 5.01. The highest BCUT2D eigenvalue weighted by atomic mass is 31.2. The van der Waals surface area contributed by atoms with E-state index in [1.807, 2.05) is 60.7 Å². The van der Waals surface area contributed by atoms with E-state index in [0.717, 1.165) is 48.3 Å². The second kappa shape index (κ2) is 7.87. The summed E-state index contributed by atoms with van der Waals surface area (Å²) in [6.45, 7) is 6.69. The molecule has 2 aromatic rings. The maximum atomic E-state index is 15.0. The van der Waals surface area contributed by atoms with E-state index in [-0.39, 0.29) is 5.41 Å². The maximum Gasteiger partial charge on any atom is 0.313 e. The number of allylic oxidation sites excluding steroid dienone is 2. The highest BCUT2D eigenvalue weighted by Gasteiger charge is 2.50. The lowest BCUT2D eigenvalue weighted by atomic mass is 9.78. The molecule has 6 heteroatoms. The van der Waals surface area contributed by atoms with E-state index < -0.39 is 7.44 Å². The molecule has 5 nitrogen and oxygen atoms in total. The van der Waals surface area contributed by atoms with E-state index in [2.05, 4.69) is 23.8 Å². The number of hydrogen-bond acceptors (Lipinski definition) is 3. The minimum atomic E-state index is -3.22. The van der Waals surface area contributed by atoms with Crippen LogP contribution < -0.4 is 9.87 Å². The van der Waals surface area contributed by atoms with E-state index in [1.54, 1.807) is 4.78 Å². The molecule has 0 unspecified atom stereocenters. The molecule has 0 saturated carbocycles. The van der Waals surface area contributed by atoms with Crippen molar-refractivity contribution in [2.24, 2.45) is 10.5 Å². The SMILES string of the molecule is CC1(C)CC2=NN(c3ccccc3)[P@@](=O)(Nc3ccccc3)C2=C(N2CCCCC2)C1. The molecule has 0 radical (unpaired) electrons. The Morgan fingerprint density at radius 1 is 0.903 bits per heavy atom. The van der Waals surface area contributed by atoms with Crippen molar-refractivity contribution >= 4 is 24.5 Å². The number of fused-ring (bicyclic) bond motifs is 1. The van der Waals surface area contributed by atoms with Crippen LogP contribution in [0.3, 0.4) is 0 Å². The third-order valence-electron chi connectivity index (χ3n) is 6.40. The lowest BCUT2D eigenvalue weighted by molar-refractivity contribution is 0.240. The van der Waals surface area contributed by atoms with Crippen LogP contribution in [0, 0.1) is 5.41 Å². The van der Waals surface area contributed by atoms with Crippen LogP contribution in [0.5, 0.6) is 0 Å². The smallest absolute Gasteiger partial charge is 0.313 e. The Morgan fingerprint density at radius 2 is 1.55 bits per heavy atom. The van der Waals surface area contributed by atoms with Crippen molar-refractivity contribution in [1.82, 2.24) is 4.90 Å². The first-order valence-corrected chi connectivity index (χ1v) is 13.0. The van der Waals surface area contributed by atoms with Crippen molar-refractivity contribution in [1.29, 1.82) is 0 Å². The fraction of sp³-hybridized carbons (Fsp3) is 0.400. The standard InChI is InChI=1S/C25H31N4OP/c1-25(2)18-22-24(23(19-25)28-16-10-5-11-17-28)31(30,27-20-12-6-3-7-13-20)29(26-22)21-14-8-4-9-15-21/h3-4,6-9,12-15H,5,10-11,16-19H2,1-2H3,(H,27,30)/t31-/m0/s1. The van der Waals surface area contributed by atoms with E-state index >= 15 is 0 Å². The molecule has 0 aromatic heterocycles. The normalized spacial score (nSPS) is 25.3. The fourth-order valence-corrected chi connectivity index (χ4v) is 7.64. The summed E-state index contributed by atoms with van der Waals surface area (Å²) in [6.07, 6.45) is 5.44. The number of hydrazone groups is 1. The Labute approximate surface area is 185 Å². The van der Waals surface area contributed by atoms with Crippen LogP contribution in [-0.2, 0) is 4.57 Å². The van der Waals surface area contributed by atoms with Gasteiger partial charge in [0.05, 0.1) is 16.7 Å². The van der Waals surface area contributed by atoms with Crippen molar-refractivity contribution in [2.75, 3.05) is 23.0 Å². The van der Waals surface area contributed by atoms with Crippen molar-refractivity contribution in [3.8, 4) is 0 Å². The first-order valence-electron chi connectivity index (χ1n) is 11.3. The van der Waals surface area contributed by atoms with E-state index in [1.165, 1.54) is 25.0 Å². The predicted molar refractivity (Wildman–Crippen MR) is 129 cm³/mol. The van der Waals surface area contributed by atoms with Gasteiger partial charge in [0.15, 0.2) is 0 Å². The monoisotopic (exact) mass is 434 g/mol. The molecule has 1 saturated heterocycles. The lowest BCUT2D eigenvalue weighted by Gasteiger charge is -2.40.